The minimum atomic E-state index is -0.0693. The van der Waals surface area contributed by atoms with Crippen LogP contribution in [0, 0.1) is 0 Å². The van der Waals surface area contributed by atoms with E-state index >= 15 is 0 Å². The summed E-state index contributed by atoms with van der Waals surface area (Å²) in [5, 5.41) is 3.31. The van der Waals surface area contributed by atoms with Gasteiger partial charge in [0.15, 0.2) is 0 Å². The van der Waals surface area contributed by atoms with Crippen LogP contribution in [0.4, 0.5) is 5.69 Å². The van der Waals surface area contributed by atoms with Gasteiger partial charge < -0.3 is 10.2 Å². The van der Waals surface area contributed by atoms with E-state index in [2.05, 4.69) is 17.2 Å². The molecule has 0 aromatic carbocycles. The molecule has 0 unspecified atom stereocenters. The Morgan fingerprint density at radius 1 is 1.50 bits per heavy atom. The van der Waals surface area contributed by atoms with Crippen molar-refractivity contribution in [1.29, 1.82) is 0 Å². The van der Waals surface area contributed by atoms with Crippen molar-refractivity contribution in [3.63, 3.8) is 0 Å². The van der Waals surface area contributed by atoms with Crippen LogP contribution in [0.15, 0.2) is 18.3 Å². The number of amides is 1. The van der Waals surface area contributed by atoms with Crippen molar-refractivity contribution in [2.75, 3.05) is 37.5 Å². The third-order valence-corrected chi connectivity index (χ3v) is 3.37. The summed E-state index contributed by atoms with van der Waals surface area (Å²) < 4.78 is 0. The Morgan fingerprint density at radius 3 is 2.94 bits per heavy atom. The number of hydrogen-bond acceptors (Lipinski definition) is 4. The van der Waals surface area contributed by atoms with Crippen molar-refractivity contribution in [2.45, 2.75) is 13.3 Å². The monoisotopic (exact) mass is 267 g/mol. The predicted octanol–water partition coefficient (Wildman–Crippen LogP) is 2.34. The van der Waals surface area contributed by atoms with E-state index in [1.54, 1.807) is 26.4 Å². The van der Waals surface area contributed by atoms with E-state index in [0.29, 0.717) is 5.69 Å². The van der Waals surface area contributed by atoms with E-state index in [4.69, 9.17) is 0 Å². The molecule has 1 heterocycles. The molecule has 0 aliphatic heterocycles. The van der Waals surface area contributed by atoms with Gasteiger partial charge in [0.1, 0.15) is 5.69 Å². The standard InChI is InChI=1S/C13H21N3OS/c1-4-18-9-5-7-14-11-6-8-15-12(10-11)13(17)16(2)3/h6,8,10H,4-5,7,9H2,1-3H3,(H,14,15). The minimum Gasteiger partial charge on any atom is -0.385 e. The van der Waals surface area contributed by atoms with Crippen LogP contribution < -0.4 is 5.32 Å². The highest BCUT2D eigenvalue weighted by Crippen LogP contribution is 2.10. The summed E-state index contributed by atoms with van der Waals surface area (Å²) in [5.74, 6) is 2.26. The smallest absolute Gasteiger partial charge is 0.272 e. The summed E-state index contributed by atoms with van der Waals surface area (Å²) >= 11 is 1.94. The van der Waals surface area contributed by atoms with Gasteiger partial charge in [-0.2, -0.15) is 11.8 Å². The summed E-state index contributed by atoms with van der Waals surface area (Å²) in [6.07, 6.45) is 2.79. The summed E-state index contributed by atoms with van der Waals surface area (Å²) in [6, 6.07) is 3.69. The van der Waals surface area contributed by atoms with Crippen molar-refractivity contribution in [1.82, 2.24) is 9.88 Å². The lowest BCUT2D eigenvalue weighted by Gasteiger charge is -2.11. The Labute approximate surface area is 113 Å². The van der Waals surface area contributed by atoms with Gasteiger partial charge in [0, 0.05) is 32.5 Å². The molecule has 0 fully saturated rings. The van der Waals surface area contributed by atoms with Crippen LogP contribution >= 0.6 is 11.8 Å². The molecule has 0 saturated carbocycles. The Kier molecular flexibility index (Phi) is 6.57. The third-order valence-electron chi connectivity index (χ3n) is 2.38. The van der Waals surface area contributed by atoms with Crippen molar-refractivity contribution in [3.05, 3.63) is 24.0 Å². The van der Waals surface area contributed by atoms with E-state index in [-0.39, 0.29) is 5.91 Å². The topological polar surface area (TPSA) is 45.2 Å². The molecule has 0 bridgehead atoms. The molecule has 1 aromatic heterocycles. The number of aromatic nitrogens is 1. The van der Waals surface area contributed by atoms with Gasteiger partial charge in [0.2, 0.25) is 0 Å². The molecule has 18 heavy (non-hydrogen) atoms. The first-order chi connectivity index (χ1) is 8.65. The zero-order valence-electron chi connectivity index (χ0n) is 11.3. The zero-order valence-corrected chi connectivity index (χ0v) is 12.1. The highest BCUT2D eigenvalue weighted by molar-refractivity contribution is 7.99. The van der Waals surface area contributed by atoms with Gasteiger partial charge >= 0.3 is 0 Å². The van der Waals surface area contributed by atoms with Gasteiger partial charge in [-0.1, -0.05) is 6.92 Å². The minimum absolute atomic E-state index is 0.0693. The molecule has 0 aliphatic rings. The molecule has 4 nitrogen and oxygen atoms in total. The van der Waals surface area contributed by atoms with Crippen molar-refractivity contribution in [2.24, 2.45) is 0 Å². The lowest BCUT2D eigenvalue weighted by atomic mass is 10.3. The number of carbonyl (C=O) groups is 1. The lowest BCUT2D eigenvalue weighted by molar-refractivity contribution is 0.0822. The zero-order chi connectivity index (χ0) is 13.4. The molecule has 5 heteroatoms. The maximum atomic E-state index is 11.7. The SMILES string of the molecule is CCSCCCNc1ccnc(C(=O)N(C)C)c1. The lowest BCUT2D eigenvalue weighted by Crippen LogP contribution is -2.22. The maximum Gasteiger partial charge on any atom is 0.272 e. The normalized spacial score (nSPS) is 10.2. The van der Waals surface area contributed by atoms with E-state index < -0.39 is 0 Å². The summed E-state index contributed by atoms with van der Waals surface area (Å²) in [6.45, 7) is 3.09. The van der Waals surface area contributed by atoms with Crippen LogP contribution in [0.5, 0.6) is 0 Å². The first-order valence-corrected chi connectivity index (χ1v) is 7.30. The largest absolute Gasteiger partial charge is 0.385 e. The van der Waals surface area contributed by atoms with Gasteiger partial charge in [-0.25, -0.2) is 0 Å². The van der Waals surface area contributed by atoms with E-state index in [1.165, 1.54) is 4.90 Å². The molecule has 0 spiro atoms. The fourth-order valence-corrected chi connectivity index (χ4v) is 2.07. The number of carbonyl (C=O) groups excluding carboxylic acids is 1. The van der Waals surface area contributed by atoms with Crippen molar-refractivity contribution in [3.8, 4) is 0 Å². The fraction of sp³-hybridized carbons (Fsp3) is 0.538. The quantitative estimate of drug-likeness (QED) is 0.770. The summed E-state index contributed by atoms with van der Waals surface area (Å²) in [5.41, 5.74) is 1.43. The van der Waals surface area contributed by atoms with Gasteiger partial charge in [0.25, 0.3) is 5.91 Å². The van der Waals surface area contributed by atoms with E-state index in [1.807, 2.05) is 17.8 Å². The Bertz CT molecular complexity index is 382. The first-order valence-electron chi connectivity index (χ1n) is 6.14. The molecule has 0 aliphatic carbocycles. The molecular formula is C13H21N3OS. The molecule has 0 atom stereocenters. The number of thioether (sulfide) groups is 1. The Balaban J connectivity index is 2.47. The first kappa shape index (κ1) is 14.8. The number of anilines is 1. The maximum absolute atomic E-state index is 11.7. The molecule has 1 rings (SSSR count). The van der Waals surface area contributed by atoms with Crippen LogP contribution in [-0.2, 0) is 0 Å². The van der Waals surface area contributed by atoms with Crippen LogP contribution in [0.2, 0.25) is 0 Å². The molecule has 0 saturated heterocycles. The Morgan fingerprint density at radius 2 is 2.28 bits per heavy atom. The summed E-state index contributed by atoms with van der Waals surface area (Å²) in [4.78, 5) is 17.4. The van der Waals surface area contributed by atoms with Crippen LogP contribution in [0.1, 0.15) is 23.8 Å². The molecule has 1 aromatic rings. The van der Waals surface area contributed by atoms with Gasteiger partial charge in [-0.3, -0.25) is 9.78 Å². The third kappa shape index (κ3) is 4.96. The second-order valence-electron chi connectivity index (χ2n) is 4.11. The van der Waals surface area contributed by atoms with Crippen LogP contribution in [-0.4, -0.2) is 47.9 Å². The second-order valence-corrected chi connectivity index (χ2v) is 5.50. The number of nitrogens with zero attached hydrogens (tertiary/aromatic N) is 2. The van der Waals surface area contributed by atoms with Gasteiger partial charge in [-0.15, -0.1) is 0 Å². The summed E-state index contributed by atoms with van der Waals surface area (Å²) in [7, 11) is 3.46. The van der Waals surface area contributed by atoms with E-state index in [9.17, 15) is 4.79 Å². The van der Waals surface area contributed by atoms with E-state index in [0.717, 1.165) is 30.2 Å². The average molecular weight is 267 g/mol. The number of pyridine rings is 1. The number of hydrogen-bond donors (Lipinski definition) is 1. The molecule has 1 amide bonds. The molecule has 1 N–H and O–H groups in total. The van der Waals surface area contributed by atoms with Crippen molar-refractivity contribution >= 4 is 23.4 Å². The molecular weight excluding hydrogens is 246 g/mol. The molecule has 100 valence electrons. The average Bonchev–Trinajstić information content (AvgIpc) is 2.38. The fourth-order valence-electron chi connectivity index (χ4n) is 1.44. The van der Waals surface area contributed by atoms with Crippen LogP contribution in [0.3, 0.4) is 0 Å². The Hall–Kier alpha value is -1.23. The van der Waals surface area contributed by atoms with Crippen molar-refractivity contribution < 1.29 is 4.79 Å². The predicted molar refractivity (Wildman–Crippen MR) is 78.4 cm³/mol. The highest BCUT2D eigenvalue weighted by Gasteiger charge is 2.09. The van der Waals surface area contributed by atoms with Gasteiger partial charge in [0.05, 0.1) is 0 Å². The van der Waals surface area contributed by atoms with Crippen LogP contribution in [0.25, 0.3) is 0 Å². The number of rotatable bonds is 7. The molecule has 0 radical (unpaired) electrons. The number of nitrogens with one attached hydrogen (secondary N) is 1. The highest BCUT2D eigenvalue weighted by atomic mass is 32.2. The van der Waals surface area contributed by atoms with Gasteiger partial charge in [-0.05, 0) is 30.1 Å². The second kappa shape index (κ2) is 7.97.